The Morgan fingerprint density at radius 1 is 1.19 bits per heavy atom. The predicted octanol–water partition coefficient (Wildman–Crippen LogP) is 4.85. The molecule has 108 valence electrons. The SMILES string of the molecule is CNC(Cc1cc(F)ccc1C)c1csc2ccccc12. The largest absolute Gasteiger partial charge is 0.313 e. The fourth-order valence-electron chi connectivity index (χ4n) is 2.72. The summed E-state index contributed by atoms with van der Waals surface area (Å²) in [4.78, 5) is 0. The van der Waals surface area contributed by atoms with Gasteiger partial charge in [-0.1, -0.05) is 24.3 Å². The first-order chi connectivity index (χ1) is 10.2. The Hall–Kier alpha value is -1.71. The molecule has 0 saturated heterocycles. The van der Waals surface area contributed by atoms with Gasteiger partial charge in [0.1, 0.15) is 5.82 Å². The van der Waals surface area contributed by atoms with E-state index in [9.17, 15) is 4.39 Å². The fraction of sp³-hybridized carbons (Fsp3) is 0.222. The number of rotatable bonds is 4. The molecule has 3 rings (SSSR count). The van der Waals surface area contributed by atoms with Crippen molar-refractivity contribution >= 4 is 21.4 Å². The number of benzene rings is 2. The van der Waals surface area contributed by atoms with E-state index in [0.717, 1.165) is 17.5 Å². The molecule has 21 heavy (non-hydrogen) atoms. The molecule has 0 saturated carbocycles. The van der Waals surface area contributed by atoms with E-state index in [1.54, 1.807) is 17.4 Å². The third-order valence-corrected chi connectivity index (χ3v) is 4.95. The molecule has 0 amide bonds. The van der Waals surface area contributed by atoms with E-state index in [-0.39, 0.29) is 11.9 Å². The van der Waals surface area contributed by atoms with E-state index in [1.165, 1.54) is 21.7 Å². The molecule has 0 aliphatic carbocycles. The second-order valence-electron chi connectivity index (χ2n) is 5.30. The van der Waals surface area contributed by atoms with Crippen LogP contribution in [0.15, 0.2) is 47.8 Å². The van der Waals surface area contributed by atoms with Gasteiger partial charge in [0.2, 0.25) is 0 Å². The average Bonchev–Trinajstić information content (AvgIpc) is 2.92. The highest BCUT2D eigenvalue weighted by Crippen LogP contribution is 2.32. The highest BCUT2D eigenvalue weighted by molar-refractivity contribution is 7.17. The van der Waals surface area contributed by atoms with Crippen LogP contribution in [0.5, 0.6) is 0 Å². The number of fused-ring (bicyclic) bond motifs is 1. The monoisotopic (exact) mass is 299 g/mol. The summed E-state index contributed by atoms with van der Waals surface area (Å²) in [6, 6.07) is 13.6. The minimum absolute atomic E-state index is 0.166. The molecule has 2 aromatic carbocycles. The summed E-state index contributed by atoms with van der Waals surface area (Å²) in [5, 5.41) is 6.87. The summed E-state index contributed by atoms with van der Waals surface area (Å²) in [5.74, 6) is -0.166. The molecule has 1 N–H and O–H groups in total. The van der Waals surface area contributed by atoms with Crippen LogP contribution in [0.25, 0.3) is 10.1 Å². The molecule has 0 fully saturated rings. The molecule has 1 unspecified atom stereocenters. The lowest BCUT2D eigenvalue weighted by molar-refractivity contribution is 0.587. The van der Waals surface area contributed by atoms with E-state index in [1.807, 2.05) is 20.0 Å². The smallest absolute Gasteiger partial charge is 0.123 e. The average molecular weight is 299 g/mol. The van der Waals surface area contributed by atoms with Gasteiger partial charge in [0, 0.05) is 10.7 Å². The lowest BCUT2D eigenvalue weighted by atomic mass is 9.96. The zero-order valence-corrected chi connectivity index (χ0v) is 13.0. The zero-order valence-electron chi connectivity index (χ0n) is 12.2. The van der Waals surface area contributed by atoms with Crippen molar-refractivity contribution < 1.29 is 4.39 Å². The first-order valence-corrected chi connectivity index (χ1v) is 7.95. The van der Waals surface area contributed by atoms with Crippen molar-refractivity contribution in [2.75, 3.05) is 7.05 Å². The van der Waals surface area contributed by atoms with Crippen LogP contribution in [-0.4, -0.2) is 7.05 Å². The van der Waals surface area contributed by atoms with E-state index in [4.69, 9.17) is 0 Å². The summed E-state index contributed by atoms with van der Waals surface area (Å²) >= 11 is 1.76. The van der Waals surface area contributed by atoms with Crippen LogP contribution in [0.4, 0.5) is 4.39 Å². The Balaban J connectivity index is 1.97. The number of hydrogen-bond donors (Lipinski definition) is 1. The third kappa shape index (κ3) is 2.85. The maximum absolute atomic E-state index is 13.5. The number of nitrogens with one attached hydrogen (secondary N) is 1. The quantitative estimate of drug-likeness (QED) is 0.726. The lowest BCUT2D eigenvalue weighted by Gasteiger charge is -2.17. The number of hydrogen-bond acceptors (Lipinski definition) is 2. The Morgan fingerprint density at radius 2 is 2.00 bits per heavy atom. The Bertz CT molecular complexity index is 763. The third-order valence-electron chi connectivity index (χ3n) is 3.97. The van der Waals surface area contributed by atoms with Crippen molar-refractivity contribution in [3.63, 3.8) is 0 Å². The molecule has 1 atom stereocenters. The molecule has 0 spiro atoms. The summed E-state index contributed by atoms with van der Waals surface area (Å²) in [7, 11) is 1.96. The van der Waals surface area contributed by atoms with Crippen molar-refractivity contribution in [2.45, 2.75) is 19.4 Å². The maximum atomic E-state index is 13.5. The van der Waals surface area contributed by atoms with Gasteiger partial charge in [0.05, 0.1) is 0 Å². The number of aryl methyl sites for hydroxylation is 1. The molecule has 3 aromatic rings. The van der Waals surface area contributed by atoms with Gasteiger partial charge in [-0.25, -0.2) is 4.39 Å². The molecular formula is C18H18FNS. The van der Waals surface area contributed by atoms with Crippen molar-refractivity contribution in [3.8, 4) is 0 Å². The zero-order chi connectivity index (χ0) is 14.8. The first kappa shape index (κ1) is 14.2. The Kier molecular flexibility index (Phi) is 4.04. The first-order valence-electron chi connectivity index (χ1n) is 7.07. The van der Waals surface area contributed by atoms with Gasteiger partial charge in [-0.05, 0) is 66.0 Å². The highest BCUT2D eigenvalue weighted by Gasteiger charge is 2.16. The van der Waals surface area contributed by atoms with Crippen molar-refractivity contribution in [1.82, 2.24) is 5.32 Å². The van der Waals surface area contributed by atoms with Crippen LogP contribution in [0.2, 0.25) is 0 Å². The van der Waals surface area contributed by atoms with Crippen LogP contribution < -0.4 is 5.32 Å². The molecule has 0 bridgehead atoms. The standard InChI is InChI=1S/C18H18FNS/c1-12-7-8-14(19)9-13(12)10-17(20-2)16-11-21-18-6-4-3-5-15(16)18/h3-9,11,17,20H,10H2,1-2H3. The van der Waals surface area contributed by atoms with Gasteiger partial charge >= 0.3 is 0 Å². The summed E-state index contributed by atoms with van der Waals surface area (Å²) in [5.41, 5.74) is 3.49. The van der Waals surface area contributed by atoms with Gasteiger partial charge < -0.3 is 5.32 Å². The normalized spacial score (nSPS) is 12.7. The molecule has 3 heteroatoms. The number of likely N-dealkylation sites (N-methyl/N-ethyl adjacent to an activating group) is 1. The molecule has 1 aromatic heterocycles. The van der Waals surface area contributed by atoms with Gasteiger partial charge in [0.15, 0.2) is 0 Å². The van der Waals surface area contributed by atoms with Gasteiger partial charge in [-0.3, -0.25) is 0 Å². The van der Waals surface area contributed by atoms with Crippen LogP contribution in [0.3, 0.4) is 0 Å². The Morgan fingerprint density at radius 3 is 2.81 bits per heavy atom. The summed E-state index contributed by atoms with van der Waals surface area (Å²) in [6.07, 6.45) is 0.792. The van der Waals surface area contributed by atoms with Crippen LogP contribution in [-0.2, 0) is 6.42 Å². The van der Waals surface area contributed by atoms with Gasteiger partial charge in [0.25, 0.3) is 0 Å². The molecule has 0 radical (unpaired) electrons. The van der Waals surface area contributed by atoms with Crippen molar-refractivity contribution in [2.24, 2.45) is 0 Å². The second-order valence-corrected chi connectivity index (χ2v) is 6.21. The Labute approximate surface area is 128 Å². The number of halogens is 1. The topological polar surface area (TPSA) is 12.0 Å². The summed E-state index contributed by atoms with van der Waals surface area (Å²) < 4.78 is 14.8. The molecule has 1 heterocycles. The van der Waals surface area contributed by atoms with E-state index >= 15 is 0 Å². The van der Waals surface area contributed by atoms with Gasteiger partial charge in [-0.2, -0.15) is 0 Å². The lowest BCUT2D eigenvalue weighted by Crippen LogP contribution is -2.19. The molecule has 1 nitrogen and oxygen atoms in total. The van der Waals surface area contributed by atoms with E-state index in [0.29, 0.717) is 0 Å². The highest BCUT2D eigenvalue weighted by atomic mass is 32.1. The predicted molar refractivity (Wildman–Crippen MR) is 88.5 cm³/mol. The maximum Gasteiger partial charge on any atom is 0.123 e. The van der Waals surface area contributed by atoms with Crippen LogP contribution >= 0.6 is 11.3 Å². The minimum Gasteiger partial charge on any atom is -0.313 e. The van der Waals surface area contributed by atoms with E-state index in [2.05, 4.69) is 35.0 Å². The fourth-order valence-corrected chi connectivity index (χ4v) is 3.73. The molecule has 0 aliphatic rings. The van der Waals surface area contributed by atoms with Crippen molar-refractivity contribution in [1.29, 1.82) is 0 Å². The van der Waals surface area contributed by atoms with E-state index < -0.39 is 0 Å². The second kappa shape index (κ2) is 5.96. The molecular weight excluding hydrogens is 281 g/mol. The van der Waals surface area contributed by atoms with Crippen LogP contribution in [0, 0.1) is 12.7 Å². The molecule has 0 aliphatic heterocycles. The van der Waals surface area contributed by atoms with Crippen molar-refractivity contribution in [3.05, 3.63) is 70.4 Å². The number of thiophene rings is 1. The van der Waals surface area contributed by atoms with Gasteiger partial charge in [-0.15, -0.1) is 11.3 Å². The minimum atomic E-state index is -0.166. The van der Waals surface area contributed by atoms with Crippen LogP contribution in [0.1, 0.15) is 22.7 Å². The summed E-state index contributed by atoms with van der Waals surface area (Å²) in [6.45, 7) is 2.03.